The molecule has 0 spiro atoms. The van der Waals surface area contributed by atoms with Gasteiger partial charge in [-0.05, 0) is 46.1 Å². The Morgan fingerprint density at radius 2 is 2.16 bits per heavy atom. The lowest BCUT2D eigenvalue weighted by Gasteiger charge is -2.16. The molecule has 1 unspecified atom stereocenters. The van der Waals surface area contributed by atoms with Crippen LogP contribution in [0.3, 0.4) is 0 Å². The topological polar surface area (TPSA) is 58.4 Å². The van der Waals surface area contributed by atoms with Crippen molar-refractivity contribution in [3.8, 4) is 0 Å². The predicted molar refractivity (Wildman–Crippen MR) is 72.5 cm³/mol. The van der Waals surface area contributed by atoms with Gasteiger partial charge in [-0.15, -0.1) is 0 Å². The summed E-state index contributed by atoms with van der Waals surface area (Å²) in [6, 6.07) is 3.74. The normalized spacial score (nSPS) is 12.7. The first-order valence-electron chi connectivity index (χ1n) is 6.21. The molecule has 0 radical (unpaired) electrons. The molecule has 1 aromatic rings. The number of nitrogens with one attached hydrogen (secondary N) is 1. The summed E-state index contributed by atoms with van der Waals surface area (Å²) in [5.74, 6) is -0.455. The number of nitro groups is 1. The Hall–Kier alpha value is -1.53. The average molecular weight is 269 g/mol. The van der Waals surface area contributed by atoms with E-state index in [4.69, 9.17) is 0 Å². The maximum Gasteiger partial charge on any atom is 0.274 e. The van der Waals surface area contributed by atoms with E-state index >= 15 is 0 Å². The van der Waals surface area contributed by atoms with Crippen molar-refractivity contribution >= 4 is 5.69 Å². The van der Waals surface area contributed by atoms with Gasteiger partial charge >= 0.3 is 0 Å². The molecule has 1 N–H and O–H groups in total. The highest BCUT2D eigenvalue weighted by Gasteiger charge is 2.14. The minimum Gasteiger partial charge on any atom is -0.310 e. The van der Waals surface area contributed by atoms with Crippen LogP contribution in [0.4, 0.5) is 10.1 Å². The summed E-state index contributed by atoms with van der Waals surface area (Å²) in [6.45, 7) is 3.23. The Bertz CT molecular complexity index is 438. The molecule has 5 nitrogen and oxygen atoms in total. The van der Waals surface area contributed by atoms with Crippen molar-refractivity contribution in [1.29, 1.82) is 0 Å². The van der Waals surface area contributed by atoms with Gasteiger partial charge in [-0.1, -0.05) is 0 Å². The summed E-state index contributed by atoms with van der Waals surface area (Å²) in [5.41, 5.74) is 0.329. The maximum atomic E-state index is 13.1. The third kappa shape index (κ3) is 5.32. The van der Waals surface area contributed by atoms with Gasteiger partial charge < -0.3 is 10.2 Å². The highest BCUT2D eigenvalue weighted by molar-refractivity contribution is 5.40. The fraction of sp³-hybridized carbons (Fsp3) is 0.538. The first-order chi connectivity index (χ1) is 8.90. The second-order valence-corrected chi connectivity index (χ2v) is 4.90. The summed E-state index contributed by atoms with van der Waals surface area (Å²) in [5, 5.41) is 14.0. The molecule has 0 aliphatic rings. The van der Waals surface area contributed by atoms with Crippen molar-refractivity contribution in [3.05, 3.63) is 39.7 Å². The SMILES string of the molecule is CC(CCN(C)C)NCc1cc(F)ccc1[N+](=O)[O-]. The minimum atomic E-state index is -0.485. The molecule has 106 valence electrons. The van der Waals surface area contributed by atoms with Crippen molar-refractivity contribution in [3.63, 3.8) is 0 Å². The molecule has 0 heterocycles. The van der Waals surface area contributed by atoms with Gasteiger partial charge in [0, 0.05) is 24.2 Å². The highest BCUT2D eigenvalue weighted by atomic mass is 19.1. The smallest absolute Gasteiger partial charge is 0.274 e. The fourth-order valence-corrected chi connectivity index (χ4v) is 1.71. The summed E-state index contributed by atoms with van der Waals surface area (Å²) >= 11 is 0. The minimum absolute atomic E-state index is 0.0475. The van der Waals surface area contributed by atoms with Crippen LogP contribution in [-0.4, -0.2) is 36.5 Å². The summed E-state index contributed by atoms with van der Waals surface area (Å²) in [4.78, 5) is 12.4. The van der Waals surface area contributed by atoms with Crippen molar-refractivity contribution in [2.45, 2.75) is 25.9 Å². The molecule has 1 aromatic carbocycles. The molecule has 0 aromatic heterocycles. The van der Waals surface area contributed by atoms with E-state index in [9.17, 15) is 14.5 Å². The molecule has 0 aliphatic heterocycles. The molecule has 0 saturated carbocycles. The van der Waals surface area contributed by atoms with Crippen LogP contribution in [-0.2, 0) is 6.54 Å². The van der Waals surface area contributed by atoms with Crippen molar-refractivity contribution in [1.82, 2.24) is 10.2 Å². The van der Waals surface area contributed by atoms with Gasteiger partial charge in [0.1, 0.15) is 5.82 Å². The predicted octanol–water partition coefficient (Wildman–Crippen LogP) is 2.16. The molecule has 0 aliphatic carbocycles. The second kappa shape index (κ2) is 7.16. The Labute approximate surface area is 112 Å². The zero-order valence-corrected chi connectivity index (χ0v) is 11.5. The van der Waals surface area contributed by atoms with E-state index in [2.05, 4.69) is 10.2 Å². The van der Waals surface area contributed by atoms with Crippen LogP contribution in [0.15, 0.2) is 18.2 Å². The van der Waals surface area contributed by atoms with Crippen LogP contribution >= 0.6 is 0 Å². The number of hydrogen-bond acceptors (Lipinski definition) is 4. The van der Waals surface area contributed by atoms with E-state index in [1.54, 1.807) is 0 Å². The van der Waals surface area contributed by atoms with Crippen LogP contribution in [0.5, 0.6) is 0 Å². The van der Waals surface area contributed by atoms with Gasteiger partial charge in [-0.25, -0.2) is 4.39 Å². The molecule has 1 rings (SSSR count). The average Bonchev–Trinajstić information content (AvgIpc) is 2.33. The van der Waals surface area contributed by atoms with E-state index in [0.29, 0.717) is 12.1 Å². The molecule has 0 bridgehead atoms. The molecule has 19 heavy (non-hydrogen) atoms. The number of rotatable bonds is 7. The summed E-state index contributed by atoms with van der Waals surface area (Å²) < 4.78 is 13.1. The first-order valence-corrected chi connectivity index (χ1v) is 6.21. The first kappa shape index (κ1) is 15.5. The molecular formula is C13H20FN3O2. The lowest BCUT2D eigenvalue weighted by atomic mass is 10.1. The molecule has 0 saturated heterocycles. The van der Waals surface area contributed by atoms with Crippen molar-refractivity contribution < 1.29 is 9.31 Å². The van der Waals surface area contributed by atoms with Gasteiger partial charge in [0.15, 0.2) is 0 Å². The third-order valence-corrected chi connectivity index (χ3v) is 2.89. The molecule has 0 fully saturated rings. The van der Waals surface area contributed by atoms with Crippen LogP contribution in [0.25, 0.3) is 0 Å². The van der Waals surface area contributed by atoms with Gasteiger partial charge in [-0.2, -0.15) is 0 Å². The largest absolute Gasteiger partial charge is 0.310 e. The van der Waals surface area contributed by atoms with Gasteiger partial charge in [-0.3, -0.25) is 10.1 Å². The van der Waals surface area contributed by atoms with Crippen LogP contribution in [0, 0.1) is 15.9 Å². The number of nitrogens with zero attached hydrogens (tertiary/aromatic N) is 2. The maximum absolute atomic E-state index is 13.1. The van der Waals surface area contributed by atoms with Crippen molar-refractivity contribution in [2.24, 2.45) is 0 Å². The van der Waals surface area contributed by atoms with E-state index in [-0.39, 0.29) is 11.7 Å². The lowest BCUT2D eigenvalue weighted by Crippen LogP contribution is -2.29. The third-order valence-electron chi connectivity index (χ3n) is 2.89. The zero-order chi connectivity index (χ0) is 14.4. The van der Waals surface area contributed by atoms with Gasteiger partial charge in [0.05, 0.1) is 4.92 Å². The number of halogens is 1. The molecule has 1 atom stereocenters. The summed E-state index contributed by atoms with van der Waals surface area (Å²) in [6.07, 6.45) is 0.927. The van der Waals surface area contributed by atoms with Crippen molar-refractivity contribution in [2.75, 3.05) is 20.6 Å². The Kier molecular flexibility index (Phi) is 5.85. The van der Waals surface area contributed by atoms with Crippen LogP contribution < -0.4 is 5.32 Å². The number of hydrogen-bond donors (Lipinski definition) is 1. The highest BCUT2D eigenvalue weighted by Crippen LogP contribution is 2.19. The number of nitro benzene ring substituents is 1. The monoisotopic (exact) mass is 269 g/mol. The quantitative estimate of drug-likeness (QED) is 0.609. The number of benzene rings is 1. The zero-order valence-electron chi connectivity index (χ0n) is 11.5. The van der Waals surface area contributed by atoms with Gasteiger partial charge in [0.25, 0.3) is 5.69 Å². The summed E-state index contributed by atoms with van der Waals surface area (Å²) in [7, 11) is 3.98. The van der Waals surface area contributed by atoms with E-state index in [0.717, 1.165) is 19.0 Å². The second-order valence-electron chi connectivity index (χ2n) is 4.90. The molecular weight excluding hydrogens is 249 g/mol. The lowest BCUT2D eigenvalue weighted by molar-refractivity contribution is -0.385. The fourth-order valence-electron chi connectivity index (χ4n) is 1.71. The standard InChI is InChI=1S/C13H20FN3O2/c1-10(6-7-16(2)3)15-9-11-8-12(14)4-5-13(11)17(18)19/h4-5,8,10,15H,6-7,9H2,1-3H3. The van der Waals surface area contributed by atoms with E-state index in [1.165, 1.54) is 12.1 Å². The van der Waals surface area contributed by atoms with E-state index in [1.807, 2.05) is 21.0 Å². The Morgan fingerprint density at radius 3 is 2.74 bits per heavy atom. The van der Waals surface area contributed by atoms with Crippen LogP contribution in [0.2, 0.25) is 0 Å². The van der Waals surface area contributed by atoms with Crippen LogP contribution in [0.1, 0.15) is 18.9 Å². The Morgan fingerprint density at radius 1 is 1.47 bits per heavy atom. The molecule has 0 amide bonds. The molecule has 6 heteroatoms. The van der Waals surface area contributed by atoms with Gasteiger partial charge in [0.2, 0.25) is 0 Å². The Balaban J connectivity index is 2.61. The van der Waals surface area contributed by atoms with E-state index < -0.39 is 10.7 Å².